The summed E-state index contributed by atoms with van der Waals surface area (Å²) in [7, 11) is 0. The minimum Gasteiger partial charge on any atom is -0.334 e. The first-order chi connectivity index (χ1) is 33.0. The molecule has 4 heteroatoms. The van der Waals surface area contributed by atoms with Gasteiger partial charge in [0, 0.05) is 56.3 Å². The summed E-state index contributed by atoms with van der Waals surface area (Å²) < 4.78 is 0. The van der Waals surface area contributed by atoms with Crippen molar-refractivity contribution in [3.63, 3.8) is 0 Å². The maximum Gasteiger partial charge on any atom is 0.252 e. The maximum atomic E-state index is 2.79. The Morgan fingerprint density at radius 2 is 1.01 bits per heavy atom. The van der Waals surface area contributed by atoms with Crippen molar-refractivity contribution in [2.45, 2.75) is 155 Å². The van der Waals surface area contributed by atoms with Crippen LogP contribution in [-0.4, -0.2) is 12.3 Å². The highest BCUT2D eigenvalue weighted by atomic mass is 15.3. The van der Waals surface area contributed by atoms with E-state index in [9.17, 15) is 0 Å². The molecule has 3 nitrogen and oxygen atoms in total. The van der Waals surface area contributed by atoms with Crippen molar-refractivity contribution < 1.29 is 0 Å². The van der Waals surface area contributed by atoms with Crippen molar-refractivity contribution in [3.05, 3.63) is 172 Å². The van der Waals surface area contributed by atoms with E-state index < -0.39 is 0 Å². The van der Waals surface area contributed by atoms with Gasteiger partial charge < -0.3 is 14.7 Å². The second-order valence-electron chi connectivity index (χ2n) is 25.9. The fourth-order valence-corrected chi connectivity index (χ4v) is 13.8. The van der Waals surface area contributed by atoms with E-state index in [1.807, 2.05) is 0 Å². The Balaban J connectivity index is 1.12. The number of hydrogen-bond donors (Lipinski definition) is 0. The molecule has 0 aromatic heterocycles. The van der Waals surface area contributed by atoms with Crippen LogP contribution in [0.2, 0.25) is 0 Å². The summed E-state index contributed by atoms with van der Waals surface area (Å²) in [6, 6.07) is 53.2. The van der Waals surface area contributed by atoms with E-state index in [1.54, 1.807) is 0 Å². The average Bonchev–Trinajstić information content (AvgIpc) is 3.66. The summed E-state index contributed by atoms with van der Waals surface area (Å²) in [6.07, 6.45) is 4.88. The Kier molecular flexibility index (Phi) is 9.54. The van der Waals surface area contributed by atoms with Crippen molar-refractivity contribution in [3.8, 4) is 11.1 Å². The summed E-state index contributed by atoms with van der Waals surface area (Å²) in [5, 5.41) is 0. The number of fused-ring (bicyclic) bond motifs is 10. The van der Waals surface area contributed by atoms with Crippen LogP contribution >= 0.6 is 0 Å². The summed E-state index contributed by atoms with van der Waals surface area (Å²) in [6.45, 7) is 33.4. The number of hydrogen-bond acceptors (Lipinski definition) is 3. The third kappa shape index (κ3) is 6.33. The lowest BCUT2D eigenvalue weighted by Gasteiger charge is -2.50. The minimum absolute atomic E-state index is 0.0270. The van der Waals surface area contributed by atoms with Crippen molar-refractivity contribution in [2.75, 3.05) is 14.7 Å². The van der Waals surface area contributed by atoms with Crippen LogP contribution < -0.4 is 31.1 Å². The Morgan fingerprint density at radius 3 is 1.70 bits per heavy atom. The van der Waals surface area contributed by atoms with Gasteiger partial charge in [-0.1, -0.05) is 169 Å². The first-order valence-electron chi connectivity index (χ1n) is 26.3. The predicted molar refractivity (Wildman–Crippen MR) is 302 cm³/mol. The van der Waals surface area contributed by atoms with Gasteiger partial charge in [0.15, 0.2) is 0 Å². The fourth-order valence-electron chi connectivity index (χ4n) is 13.8. The molecule has 3 aliphatic heterocycles. The van der Waals surface area contributed by atoms with Gasteiger partial charge in [0.2, 0.25) is 0 Å². The van der Waals surface area contributed by atoms with E-state index in [4.69, 9.17) is 0 Å². The highest BCUT2D eigenvalue weighted by Crippen LogP contribution is 2.62. The molecule has 2 atom stereocenters. The van der Waals surface area contributed by atoms with Crippen molar-refractivity contribution >= 4 is 68.6 Å². The van der Waals surface area contributed by atoms with E-state index in [0.29, 0.717) is 0 Å². The molecule has 0 radical (unpaired) electrons. The van der Waals surface area contributed by atoms with Gasteiger partial charge in [0.05, 0.1) is 5.54 Å². The van der Waals surface area contributed by atoms with E-state index in [1.165, 1.54) is 131 Å². The van der Waals surface area contributed by atoms with Gasteiger partial charge in [-0.25, -0.2) is 0 Å². The van der Waals surface area contributed by atoms with Crippen molar-refractivity contribution in [2.24, 2.45) is 0 Å². The lowest BCUT2D eigenvalue weighted by atomic mass is 9.33. The molecule has 7 aromatic rings. The van der Waals surface area contributed by atoms with E-state index in [-0.39, 0.29) is 39.3 Å². The van der Waals surface area contributed by atoms with E-state index in [2.05, 4.69) is 245 Å². The number of aryl methyl sites for hydroxylation is 1. The number of nitrogens with zero attached hydrogens (tertiary/aromatic N) is 3. The molecular weight excluding hydrogens is 846 g/mol. The molecule has 0 amide bonds. The SMILES string of the molecule is Cc1cc2c3c(c1)N(c1ccc(C(C)(C)C)cc1)c1cc(N4c5ccc(C(C)(C)C)cc5C5(C)CCCCC45C)ccc1B3c1cc(C(C)(C)C)ccc1N2c1ccc2c(c1)C(C)(C)c1ccccc1-2. The number of rotatable bonds is 3. The van der Waals surface area contributed by atoms with Crippen LogP contribution in [0.15, 0.2) is 133 Å². The highest BCUT2D eigenvalue weighted by Gasteiger charge is 2.58. The molecule has 0 saturated heterocycles. The molecule has 7 aromatic carbocycles. The molecule has 3 heterocycles. The van der Waals surface area contributed by atoms with Crippen LogP contribution in [-0.2, 0) is 27.1 Å². The van der Waals surface area contributed by atoms with Crippen molar-refractivity contribution in [1.29, 1.82) is 0 Å². The van der Waals surface area contributed by atoms with Crippen LogP contribution in [0.25, 0.3) is 11.1 Å². The maximum absolute atomic E-state index is 2.79. The summed E-state index contributed by atoms with van der Waals surface area (Å²) in [5.41, 5.74) is 26.6. The second-order valence-corrected chi connectivity index (χ2v) is 25.9. The zero-order valence-corrected chi connectivity index (χ0v) is 44.4. The van der Waals surface area contributed by atoms with Crippen LogP contribution in [0.1, 0.15) is 155 Å². The van der Waals surface area contributed by atoms with Crippen LogP contribution in [0.4, 0.5) is 45.5 Å². The molecule has 0 bridgehead atoms. The van der Waals surface area contributed by atoms with Crippen LogP contribution in [0.3, 0.4) is 0 Å². The number of anilines is 8. The molecule has 70 heavy (non-hydrogen) atoms. The van der Waals surface area contributed by atoms with Gasteiger partial charge >= 0.3 is 0 Å². The smallest absolute Gasteiger partial charge is 0.252 e. The summed E-state index contributed by atoms with van der Waals surface area (Å²) in [4.78, 5) is 8.03. The quantitative estimate of drug-likeness (QED) is 0.164. The molecule has 5 aliphatic rings. The Hall–Kier alpha value is -6.00. The third-order valence-electron chi connectivity index (χ3n) is 18.1. The van der Waals surface area contributed by atoms with E-state index in [0.717, 1.165) is 6.42 Å². The largest absolute Gasteiger partial charge is 0.334 e. The molecule has 1 saturated carbocycles. The third-order valence-corrected chi connectivity index (χ3v) is 18.1. The summed E-state index contributed by atoms with van der Waals surface area (Å²) >= 11 is 0. The molecule has 12 rings (SSSR count). The fraction of sp³-hybridized carbons (Fsp3) is 0.364. The molecule has 354 valence electrons. The van der Waals surface area contributed by atoms with Crippen LogP contribution in [0.5, 0.6) is 0 Å². The normalized spacial score (nSPS) is 20.6. The first kappa shape index (κ1) is 45.2. The lowest BCUT2D eigenvalue weighted by Crippen LogP contribution is -2.61. The Bertz CT molecular complexity index is 3320. The monoisotopic (exact) mass is 918 g/mol. The topological polar surface area (TPSA) is 9.72 Å². The van der Waals surface area contributed by atoms with Gasteiger partial charge in [0.25, 0.3) is 6.71 Å². The minimum atomic E-state index is -0.116. The first-order valence-corrected chi connectivity index (χ1v) is 26.3. The van der Waals surface area contributed by atoms with Crippen molar-refractivity contribution in [1.82, 2.24) is 0 Å². The van der Waals surface area contributed by atoms with Gasteiger partial charge in [-0.2, -0.15) is 0 Å². The van der Waals surface area contributed by atoms with Gasteiger partial charge in [-0.3, -0.25) is 0 Å². The molecular formula is C66H72BN3. The average molecular weight is 918 g/mol. The molecule has 0 N–H and O–H groups in total. The molecule has 1 fully saturated rings. The lowest BCUT2D eigenvalue weighted by molar-refractivity contribution is 0.195. The standard InChI is InChI=1S/C66H72BN3/c1-41-35-58-60-59(36-41)69(46-27-29-49-48-19-15-16-20-50(48)64(11,12)51(49)39-46)56-32-24-44(63(8,9)10)38-54(56)67(60)53-30-28-47(40-57(53)68(58)45-25-21-42(22-26-45)61(2,3)4)70-55-31-23-43(62(5,6)7)37-52(55)65(13)33-17-18-34-66(65,70)14/h15-16,19-32,35-40H,17-18,33-34H2,1-14H3. The van der Waals surface area contributed by atoms with E-state index >= 15 is 0 Å². The Morgan fingerprint density at radius 1 is 0.443 bits per heavy atom. The van der Waals surface area contributed by atoms with Gasteiger partial charge in [0.1, 0.15) is 0 Å². The van der Waals surface area contributed by atoms with Gasteiger partial charge in [-0.15, -0.1) is 0 Å². The zero-order valence-electron chi connectivity index (χ0n) is 44.4. The predicted octanol–water partition coefficient (Wildman–Crippen LogP) is 16.0. The zero-order chi connectivity index (χ0) is 49.2. The summed E-state index contributed by atoms with van der Waals surface area (Å²) in [5.74, 6) is 0. The second kappa shape index (κ2) is 14.8. The molecule has 2 unspecified atom stereocenters. The molecule has 0 spiro atoms. The number of benzene rings is 7. The molecule has 2 aliphatic carbocycles. The highest BCUT2D eigenvalue weighted by molar-refractivity contribution is 7.00. The van der Waals surface area contributed by atoms with Gasteiger partial charge in [-0.05, 0) is 170 Å². The van der Waals surface area contributed by atoms with Crippen LogP contribution in [0, 0.1) is 6.92 Å². The Labute approximate surface area is 420 Å².